The first kappa shape index (κ1) is 33.7. The molecular weight excluding hydrogens is 629 g/mol. The molecule has 45 heavy (non-hydrogen) atoms. The summed E-state index contributed by atoms with van der Waals surface area (Å²) in [6, 6.07) is 22.5. The van der Waals surface area contributed by atoms with Crippen LogP contribution in [0.25, 0.3) is 0 Å². The van der Waals surface area contributed by atoms with Crippen molar-refractivity contribution in [3.05, 3.63) is 99.5 Å². The molecule has 1 atom stereocenters. The van der Waals surface area contributed by atoms with Gasteiger partial charge >= 0.3 is 6.09 Å². The van der Waals surface area contributed by atoms with Gasteiger partial charge in [0.25, 0.3) is 0 Å². The Labute approximate surface area is 278 Å². The third-order valence-corrected chi connectivity index (χ3v) is 11.3. The van der Waals surface area contributed by atoms with E-state index in [9.17, 15) is 13.2 Å². The Kier molecular flexibility index (Phi) is 10.2. The monoisotopic (exact) mass is 671 g/mol. The number of piperidine rings is 1. The molecule has 1 fully saturated rings. The second kappa shape index (κ2) is 13.6. The van der Waals surface area contributed by atoms with Crippen LogP contribution in [0.3, 0.4) is 0 Å². The summed E-state index contributed by atoms with van der Waals surface area (Å²) in [5.74, 6) is -0.0512. The van der Waals surface area contributed by atoms with Crippen LogP contribution in [0.4, 0.5) is 4.79 Å². The van der Waals surface area contributed by atoms with Crippen molar-refractivity contribution < 1.29 is 17.9 Å². The first-order valence-electron chi connectivity index (χ1n) is 15.5. The van der Waals surface area contributed by atoms with Crippen molar-refractivity contribution in [2.45, 2.75) is 68.4 Å². The molecule has 1 spiro atoms. The van der Waals surface area contributed by atoms with Gasteiger partial charge in [-0.1, -0.05) is 59.6 Å². The summed E-state index contributed by atoms with van der Waals surface area (Å²) in [5, 5.41) is 1.12. The molecule has 0 aliphatic carbocycles. The molecule has 7 nitrogen and oxygen atoms in total. The third-order valence-electron chi connectivity index (χ3n) is 9.02. The van der Waals surface area contributed by atoms with Crippen LogP contribution in [0.2, 0.25) is 10.0 Å². The summed E-state index contributed by atoms with van der Waals surface area (Å²) < 4.78 is 34.0. The van der Waals surface area contributed by atoms with Crippen molar-refractivity contribution in [3.63, 3.8) is 0 Å². The van der Waals surface area contributed by atoms with E-state index in [0.29, 0.717) is 29.7 Å². The summed E-state index contributed by atoms with van der Waals surface area (Å²) in [4.78, 5) is 17.7. The molecule has 0 bridgehead atoms. The van der Waals surface area contributed by atoms with Gasteiger partial charge in [-0.3, -0.25) is 0 Å². The Hall–Kier alpha value is -2.62. The molecule has 0 radical (unpaired) electrons. The number of likely N-dealkylation sites (tertiary alicyclic amines) is 1. The van der Waals surface area contributed by atoms with Gasteiger partial charge in [0.2, 0.25) is 10.0 Å². The van der Waals surface area contributed by atoms with E-state index in [4.69, 9.17) is 27.9 Å². The van der Waals surface area contributed by atoms with Gasteiger partial charge in [0.05, 0.1) is 4.90 Å². The van der Waals surface area contributed by atoms with E-state index in [1.165, 1.54) is 15.4 Å². The normalized spacial score (nSPS) is 17.7. The molecule has 2 heterocycles. The lowest BCUT2D eigenvalue weighted by molar-refractivity contribution is 0.0104. The van der Waals surface area contributed by atoms with E-state index in [1.807, 2.05) is 56.0 Å². The lowest BCUT2D eigenvalue weighted by Gasteiger charge is -2.48. The molecule has 3 aromatic carbocycles. The Morgan fingerprint density at radius 3 is 2.33 bits per heavy atom. The van der Waals surface area contributed by atoms with Crippen molar-refractivity contribution in [1.82, 2.24) is 14.1 Å². The van der Waals surface area contributed by atoms with E-state index in [1.54, 1.807) is 31.3 Å². The maximum absolute atomic E-state index is 13.4. The number of rotatable bonds is 8. The number of nitrogens with zero attached hydrogens (tertiary/aromatic N) is 3. The lowest BCUT2D eigenvalue weighted by Crippen LogP contribution is -2.54. The van der Waals surface area contributed by atoms with Gasteiger partial charge in [0.15, 0.2) is 0 Å². The van der Waals surface area contributed by atoms with Crippen LogP contribution in [0.15, 0.2) is 77.7 Å². The fourth-order valence-electron chi connectivity index (χ4n) is 6.63. The first-order valence-corrected chi connectivity index (χ1v) is 17.7. The number of hydrogen-bond donors (Lipinski definition) is 0. The summed E-state index contributed by atoms with van der Waals surface area (Å²) in [6.45, 7) is 9.82. The summed E-state index contributed by atoms with van der Waals surface area (Å²) in [5.41, 5.74) is 2.88. The predicted octanol–water partition coefficient (Wildman–Crippen LogP) is 7.57. The van der Waals surface area contributed by atoms with E-state index in [2.05, 4.69) is 23.1 Å². The van der Waals surface area contributed by atoms with E-state index >= 15 is 0 Å². The number of amides is 1. The van der Waals surface area contributed by atoms with Gasteiger partial charge in [0.1, 0.15) is 5.60 Å². The second-order valence-electron chi connectivity index (χ2n) is 13.4. The predicted molar refractivity (Wildman–Crippen MR) is 181 cm³/mol. The Morgan fingerprint density at radius 1 is 0.978 bits per heavy atom. The highest BCUT2D eigenvalue weighted by Gasteiger charge is 2.44. The fraction of sp³-hybridized carbons (Fsp3) is 0.457. The number of fused-ring (bicyclic) bond motifs is 2. The van der Waals surface area contributed by atoms with Crippen LogP contribution >= 0.6 is 23.2 Å². The molecule has 2 aliphatic heterocycles. The maximum Gasteiger partial charge on any atom is 0.410 e. The molecule has 1 saturated heterocycles. The standard InChI is InChI=1S/C35H43Cl2N3O4S/c1-34(2,3)44-33(41)40-24-28-8-5-6-11-32(28)35(25-40)17-20-39(21-18-35)19-16-27(26-9-7-10-30(37)22-26)23-38(4)45(42,43)31-14-12-29(36)13-15-31/h5-15,22,27H,16-21,23-25H2,1-4H3. The minimum absolute atomic E-state index is 0.0512. The molecule has 5 rings (SSSR count). The summed E-state index contributed by atoms with van der Waals surface area (Å²) >= 11 is 12.4. The van der Waals surface area contributed by atoms with Crippen LogP contribution in [-0.4, -0.2) is 74.0 Å². The summed E-state index contributed by atoms with van der Waals surface area (Å²) in [7, 11) is -2.07. The minimum atomic E-state index is -3.70. The van der Waals surface area contributed by atoms with Gasteiger partial charge in [-0.2, -0.15) is 0 Å². The lowest BCUT2D eigenvalue weighted by atomic mass is 9.69. The third kappa shape index (κ3) is 8.03. The highest BCUT2D eigenvalue weighted by atomic mass is 35.5. The molecular formula is C35H43Cl2N3O4S. The zero-order chi connectivity index (χ0) is 32.4. The van der Waals surface area contributed by atoms with Crippen molar-refractivity contribution in [2.75, 3.05) is 39.8 Å². The number of carbonyl (C=O) groups excluding carboxylic acids is 1. The first-order chi connectivity index (χ1) is 21.3. The number of ether oxygens (including phenoxy) is 1. The highest BCUT2D eigenvalue weighted by molar-refractivity contribution is 7.89. The van der Waals surface area contributed by atoms with Crippen molar-refractivity contribution in [2.24, 2.45) is 0 Å². The molecule has 242 valence electrons. The Balaban J connectivity index is 1.28. The number of carbonyl (C=O) groups is 1. The average molecular weight is 673 g/mol. The molecule has 0 saturated carbocycles. The van der Waals surface area contributed by atoms with Gasteiger partial charge < -0.3 is 14.5 Å². The number of hydrogen-bond acceptors (Lipinski definition) is 5. The van der Waals surface area contributed by atoms with Crippen molar-refractivity contribution in [3.8, 4) is 0 Å². The van der Waals surface area contributed by atoms with Crippen molar-refractivity contribution >= 4 is 39.3 Å². The van der Waals surface area contributed by atoms with Gasteiger partial charge in [-0.15, -0.1) is 0 Å². The van der Waals surface area contributed by atoms with Crippen LogP contribution in [0.5, 0.6) is 0 Å². The van der Waals surface area contributed by atoms with Gasteiger partial charge in [-0.25, -0.2) is 17.5 Å². The molecule has 1 amide bonds. The molecule has 10 heteroatoms. The van der Waals surface area contributed by atoms with Crippen molar-refractivity contribution in [1.29, 1.82) is 0 Å². The van der Waals surface area contributed by atoms with E-state index < -0.39 is 15.6 Å². The van der Waals surface area contributed by atoms with E-state index in [0.717, 1.165) is 44.5 Å². The molecule has 1 unspecified atom stereocenters. The highest BCUT2D eigenvalue weighted by Crippen LogP contribution is 2.42. The maximum atomic E-state index is 13.4. The van der Waals surface area contributed by atoms with Crippen LogP contribution in [0, 0.1) is 0 Å². The van der Waals surface area contributed by atoms with Gasteiger partial charge in [0, 0.05) is 42.1 Å². The molecule has 0 aromatic heterocycles. The van der Waals surface area contributed by atoms with Crippen LogP contribution in [-0.2, 0) is 26.7 Å². The number of benzene rings is 3. The molecule has 3 aromatic rings. The SMILES string of the molecule is CN(CC(CCN1CCC2(CC1)CN(C(=O)OC(C)(C)C)Cc1ccccc12)c1cccc(Cl)c1)S(=O)(=O)c1ccc(Cl)cc1. The van der Waals surface area contributed by atoms with Gasteiger partial charge in [-0.05, 0) is 119 Å². The zero-order valence-corrected chi connectivity index (χ0v) is 28.8. The van der Waals surface area contributed by atoms with Crippen LogP contribution < -0.4 is 0 Å². The molecule has 0 N–H and O–H groups in total. The van der Waals surface area contributed by atoms with Crippen LogP contribution in [0.1, 0.15) is 62.6 Å². The number of halogens is 2. The quantitative estimate of drug-likeness (QED) is 0.247. The largest absolute Gasteiger partial charge is 0.444 e. The Bertz CT molecular complexity index is 1600. The minimum Gasteiger partial charge on any atom is -0.444 e. The fourth-order valence-corrected chi connectivity index (χ4v) is 8.17. The Morgan fingerprint density at radius 2 is 1.67 bits per heavy atom. The molecule has 2 aliphatic rings. The number of likely N-dealkylation sites (N-methyl/N-ethyl adjacent to an activating group) is 1. The topological polar surface area (TPSA) is 70.2 Å². The second-order valence-corrected chi connectivity index (χ2v) is 16.3. The smallest absolute Gasteiger partial charge is 0.410 e. The number of sulfonamides is 1. The summed E-state index contributed by atoms with van der Waals surface area (Å²) in [6.07, 6.45) is 2.36. The average Bonchev–Trinajstić information content (AvgIpc) is 2.99. The zero-order valence-electron chi connectivity index (χ0n) is 26.5. The van der Waals surface area contributed by atoms with E-state index in [-0.39, 0.29) is 22.3 Å².